The number of hydrogen-bond donors (Lipinski definition) is 0. The maximum absolute atomic E-state index is 6.46. The minimum Gasteiger partial charge on any atom is -0.497 e. The summed E-state index contributed by atoms with van der Waals surface area (Å²) in [6, 6.07) is 4.72. The Morgan fingerprint density at radius 3 is 2.87 bits per heavy atom. The fourth-order valence-electron chi connectivity index (χ4n) is 5.10. The summed E-state index contributed by atoms with van der Waals surface area (Å²) in [5, 5.41) is 0. The minimum atomic E-state index is -0.0747. The third-order valence-electron chi connectivity index (χ3n) is 6.16. The summed E-state index contributed by atoms with van der Waals surface area (Å²) in [5.41, 5.74) is 4.15. The second kappa shape index (κ2) is 4.32. The summed E-state index contributed by atoms with van der Waals surface area (Å²) in [5.74, 6) is 2.68. The highest BCUT2D eigenvalue weighted by Crippen LogP contribution is 2.62. The van der Waals surface area contributed by atoms with Crippen LogP contribution in [0.1, 0.15) is 17.5 Å². The molecule has 1 aromatic rings. The normalized spacial score (nSPS) is 33.3. The molecule has 0 aromatic heterocycles. The quantitative estimate of drug-likeness (QED) is 0.839. The van der Waals surface area contributed by atoms with Crippen molar-refractivity contribution in [2.45, 2.75) is 30.4 Å². The zero-order chi connectivity index (χ0) is 15.8. The number of allylic oxidation sites excluding steroid dienone is 2. The standard InChI is InChI=1S/C19H21NO3/c1-20-9-8-19-12-5-7-15(22-3)18(19)23-17-14(21-2)6-4-11(16(17)19)10-13(12)20/h4-7,13,18H,8-10H2,1-3H3/t13-,18-,19?/m0/s1. The van der Waals surface area contributed by atoms with Gasteiger partial charge in [-0.2, -0.15) is 0 Å². The number of hydrogen-bond acceptors (Lipinski definition) is 4. The highest BCUT2D eigenvalue weighted by Gasteiger charge is 2.61. The van der Waals surface area contributed by atoms with Gasteiger partial charge in [0.05, 0.1) is 19.6 Å². The van der Waals surface area contributed by atoms with E-state index in [2.05, 4.69) is 30.2 Å². The van der Waals surface area contributed by atoms with Crippen LogP contribution in [-0.4, -0.2) is 44.9 Å². The van der Waals surface area contributed by atoms with E-state index in [1.54, 1.807) is 14.2 Å². The van der Waals surface area contributed by atoms with Crippen molar-refractivity contribution >= 4 is 0 Å². The van der Waals surface area contributed by atoms with Crippen LogP contribution < -0.4 is 9.47 Å². The largest absolute Gasteiger partial charge is 0.497 e. The zero-order valence-electron chi connectivity index (χ0n) is 13.8. The van der Waals surface area contributed by atoms with E-state index in [4.69, 9.17) is 14.2 Å². The van der Waals surface area contributed by atoms with Gasteiger partial charge in [-0.1, -0.05) is 12.1 Å². The second-order valence-electron chi connectivity index (χ2n) is 6.95. The van der Waals surface area contributed by atoms with Gasteiger partial charge in [0.15, 0.2) is 17.6 Å². The highest BCUT2D eigenvalue weighted by atomic mass is 16.6. The fraction of sp³-hybridized carbons (Fsp3) is 0.474. The lowest BCUT2D eigenvalue weighted by molar-refractivity contribution is 0.0734. The third kappa shape index (κ3) is 1.41. The first-order chi connectivity index (χ1) is 11.2. The average Bonchev–Trinajstić information content (AvgIpc) is 2.92. The average molecular weight is 311 g/mol. The van der Waals surface area contributed by atoms with Gasteiger partial charge < -0.3 is 14.2 Å². The first-order valence-electron chi connectivity index (χ1n) is 8.24. The predicted octanol–water partition coefficient (Wildman–Crippen LogP) is 2.42. The van der Waals surface area contributed by atoms with Gasteiger partial charge in [0.25, 0.3) is 0 Å². The van der Waals surface area contributed by atoms with E-state index in [1.165, 1.54) is 16.7 Å². The summed E-state index contributed by atoms with van der Waals surface area (Å²) < 4.78 is 17.7. The Labute approximate surface area is 136 Å². The van der Waals surface area contributed by atoms with E-state index < -0.39 is 0 Å². The molecule has 4 nitrogen and oxygen atoms in total. The first kappa shape index (κ1) is 13.5. The lowest BCUT2D eigenvalue weighted by Gasteiger charge is -2.52. The molecule has 1 saturated heterocycles. The van der Waals surface area contributed by atoms with Gasteiger partial charge in [-0.25, -0.2) is 0 Å². The molecular formula is C19H21NO3. The van der Waals surface area contributed by atoms with Crippen LogP contribution in [0.3, 0.4) is 0 Å². The van der Waals surface area contributed by atoms with E-state index in [-0.39, 0.29) is 11.5 Å². The van der Waals surface area contributed by atoms with E-state index in [9.17, 15) is 0 Å². The van der Waals surface area contributed by atoms with Crippen LogP contribution in [-0.2, 0) is 16.6 Å². The number of nitrogens with zero attached hydrogens (tertiary/aromatic N) is 1. The molecule has 2 heterocycles. The summed E-state index contributed by atoms with van der Waals surface area (Å²) in [7, 11) is 5.68. The molecule has 0 saturated carbocycles. The van der Waals surface area contributed by atoms with Gasteiger partial charge in [-0.3, -0.25) is 4.90 Å². The molecule has 2 bridgehead atoms. The van der Waals surface area contributed by atoms with Crippen molar-refractivity contribution < 1.29 is 14.2 Å². The Morgan fingerprint density at radius 1 is 1.22 bits per heavy atom. The van der Waals surface area contributed by atoms with Crippen LogP contribution in [0.5, 0.6) is 11.5 Å². The molecule has 4 heteroatoms. The molecular weight excluding hydrogens is 290 g/mol. The Hall–Kier alpha value is -1.94. The molecule has 2 aliphatic carbocycles. The van der Waals surface area contributed by atoms with Crippen LogP contribution in [0.4, 0.5) is 0 Å². The Morgan fingerprint density at radius 2 is 2.09 bits per heavy atom. The number of likely N-dealkylation sites (N-methyl/N-ethyl adjacent to an activating group) is 1. The number of ether oxygens (including phenoxy) is 3. The maximum atomic E-state index is 6.46. The fourth-order valence-corrected chi connectivity index (χ4v) is 5.10. The number of piperidine rings is 1. The molecule has 3 atom stereocenters. The lowest BCUT2D eigenvalue weighted by Crippen LogP contribution is -2.58. The van der Waals surface area contributed by atoms with Gasteiger partial charge in [0.1, 0.15) is 5.76 Å². The zero-order valence-corrected chi connectivity index (χ0v) is 13.8. The molecule has 1 aromatic carbocycles. The molecule has 120 valence electrons. The highest BCUT2D eigenvalue weighted by molar-refractivity contribution is 5.67. The Bertz CT molecular complexity index is 766. The van der Waals surface area contributed by atoms with E-state index >= 15 is 0 Å². The van der Waals surface area contributed by atoms with Crippen LogP contribution in [0.25, 0.3) is 0 Å². The summed E-state index contributed by atoms with van der Waals surface area (Å²) >= 11 is 0. The van der Waals surface area contributed by atoms with Crippen molar-refractivity contribution in [1.82, 2.24) is 4.90 Å². The van der Waals surface area contributed by atoms with Gasteiger partial charge in [-0.15, -0.1) is 0 Å². The molecule has 4 aliphatic rings. The van der Waals surface area contributed by atoms with E-state index in [0.717, 1.165) is 36.6 Å². The number of likely N-dealkylation sites (tertiary alicyclic amines) is 1. The van der Waals surface area contributed by atoms with Crippen LogP contribution >= 0.6 is 0 Å². The SMILES string of the molecule is COC1=CC=C2[C@@H]3Cc4ccc(OC)c5c4C2(CCN3C)[C@H]1O5. The molecule has 2 aliphatic heterocycles. The minimum absolute atomic E-state index is 0.0611. The molecule has 0 N–H and O–H groups in total. The number of methoxy groups -OCH3 is 2. The van der Waals surface area contributed by atoms with E-state index in [1.807, 2.05) is 6.07 Å². The smallest absolute Gasteiger partial charge is 0.169 e. The third-order valence-corrected chi connectivity index (χ3v) is 6.16. The maximum Gasteiger partial charge on any atom is 0.169 e. The van der Waals surface area contributed by atoms with Crippen LogP contribution in [0.2, 0.25) is 0 Å². The van der Waals surface area contributed by atoms with Crippen molar-refractivity contribution in [2.24, 2.45) is 0 Å². The van der Waals surface area contributed by atoms with Crippen molar-refractivity contribution in [1.29, 1.82) is 0 Å². The predicted molar refractivity (Wildman–Crippen MR) is 87.0 cm³/mol. The van der Waals surface area contributed by atoms with Crippen LogP contribution in [0, 0.1) is 0 Å². The van der Waals surface area contributed by atoms with Gasteiger partial charge in [-0.05, 0) is 49.7 Å². The van der Waals surface area contributed by atoms with Crippen molar-refractivity contribution in [3.05, 3.63) is 46.7 Å². The molecule has 23 heavy (non-hydrogen) atoms. The molecule has 1 spiro atoms. The molecule has 0 amide bonds. The number of rotatable bonds is 2. The summed E-state index contributed by atoms with van der Waals surface area (Å²) in [6.07, 6.45) is 6.41. The Balaban J connectivity index is 1.84. The van der Waals surface area contributed by atoms with Crippen molar-refractivity contribution in [2.75, 3.05) is 27.8 Å². The first-order valence-corrected chi connectivity index (χ1v) is 8.24. The molecule has 1 fully saturated rings. The van der Waals surface area contributed by atoms with E-state index in [0.29, 0.717) is 6.04 Å². The number of benzene rings is 1. The van der Waals surface area contributed by atoms with Gasteiger partial charge in [0, 0.05) is 11.6 Å². The molecule has 1 unspecified atom stereocenters. The summed E-state index contributed by atoms with van der Waals surface area (Å²) in [4.78, 5) is 2.48. The van der Waals surface area contributed by atoms with Gasteiger partial charge >= 0.3 is 0 Å². The van der Waals surface area contributed by atoms with Crippen molar-refractivity contribution in [3.8, 4) is 11.5 Å². The monoisotopic (exact) mass is 311 g/mol. The molecule has 5 rings (SSSR count). The summed E-state index contributed by atoms with van der Waals surface area (Å²) in [6.45, 7) is 1.08. The lowest BCUT2D eigenvalue weighted by atomic mass is 9.57. The molecule has 0 radical (unpaired) electrons. The topological polar surface area (TPSA) is 30.9 Å². The van der Waals surface area contributed by atoms with Crippen LogP contribution in [0.15, 0.2) is 35.6 Å². The Kier molecular flexibility index (Phi) is 2.54. The second-order valence-corrected chi connectivity index (χ2v) is 6.95. The van der Waals surface area contributed by atoms with Crippen molar-refractivity contribution in [3.63, 3.8) is 0 Å². The van der Waals surface area contributed by atoms with Gasteiger partial charge in [0.2, 0.25) is 0 Å².